The summed E-state index contributed by atoms with van der Waals surface area (Å²) in [6.45, 7) is 0.812. The fourth-order valence-electron chi connectivity index (χ4n) is 2.48. The normalized spacial score (nSPS) is 9.18. The largest absolute Gasteiger partial charge is 1.00 e. The number of hydrogen-bond donors (Lipinski definition) is 1. The molecule has 0 aliphatic carbocycles. The van der Waals surface area contributed by atoms with Gasteiger partial charge in [0, 0.05) is 28.0 Å². The van der Waals surface area contributed by atoms with Gasteiger partial charge in [0.05, 0.1) is 14.4 Å². The molecular formula is C27H52NNa2O8P. The van der Waals surface area contributed by atoms with Crippen LogP contribution in [0.4, 0.5) is 0 Å². The molecule has 0 fully saturated rings. The van der Waals surface area contributed by atoms with Gasteiger partial charge in [-0.2, -0.15) is 0 Å². The maximum absolute atomic E-state index is 12.0. The van der Waals surface area contributed by atoms with E-state index in [-0.39, 0.29) is 87.4 Å². The van der Waals surface area contributed by atoms with E-state index < -0.39 is 39.1 Å². The summed E-state index contributed by atoms with van der Waals surface area (Å²) in [5.74, 6) is 23.4. The predicted molar refractivity (Wildman–Crippen MR) is 158 cm³/mol. The smallest absolute Gasteiger partial charge is 0.790 e. The van der Waals surface area contributed by atoms with Crippen molar-refractivity contribution in [2.24, 2.45) is 0 Å². The van der Waals surface area contributed by atoms with Crippen LogP contribution in [0.5, 0.6) is 0 Å². The molecule has 0 amide bonds. The number of rotatable bonds is 15. The Morgan fingerprint density at radius 1 is 0.821 bits per heavy atom. The number of esters is 2. The molecule has 0 aliphatic heterocycles. The topological polar surface area (TPSA) is 160 Å². The number of ether oxygens (including phenoxy) is 2. The zero-order chi connectivity index (χ0) is 26.9. The molecule has 1 atom stereocenters. The van der Waals surface area contributed by atoms with Crippen LogP contribution in [-0.4, -0.2) is 31.3 Å². The van der Waals surface area contributed by atoms with E-state index in [4.69, 9.17) is 15.9 Å². The van der Waals surface area contributed by atoms with Gasteiger partial charge in [-0.25, -0.2) is 4.79 Å². The van der Waals surface area contributed by atoms with Gasteiger partial charge >= 0.3 is 71.1 Å². The first kappa shape index (κ1) is 44.4. The van der Waals surface area contributed by atoms with Crippen LogP contribution in [0.25, 0.3) is 0 Å². The predicted octanol–water partition coefficient (Wildman–Crippen LogP) is -1.66. The van der Waals surface area contributed by atoms with E-state index >= 15 is 0 Å². The number of terminal acetylenes is 1. The van der Waals surface area contributed by atoms with Crippen molar-refractivity contribution < 1.29 is 113 Å². The fraction of sp³-hybridized carbons (Fsp3) is 0.481. The molecule has 12 heteroatoms. The van der Waals surface area contributed by atoms with Crippen LogP contribution >= 0.6 is 7.82 Å². The standard InChI is InChI=1S/C27H29O8P.H3N.2Na.11H2/c1-3-5-7-9-11-13-14-16-17-19-21-26(28)33-23-25(24-34-36(30,31)32)35-27(29)22-20-18-15-12-10-8-6-4-2;;;;;;;;;;;;;;/h1,25H,4,6,8,10,12,15,18,20,22-24H2,2H3,(H2,30,31,32);1H3;;;11*1H/q;;2*+1;;;;;;;;;;;/p-2/t25-;;;;;;;;;;;;;;/m0............../s1. The molecule has 0 radical (unpaired) electrons. The van der Waals surface area contributed by atoms with Crippen molar-refractivity contribution in [3.05, 3.63) is 0 Å². The zero-order valence-corrected chi connectivity index (χ0v) is 27.7. The van der Waals surface area contributed by atoms with Crippen molar-refractivity contribution in [3.8, 4) is 71.5 Å². The van der Waals surface area contributed by atoms with Gasteiger partial charge in [-0.15, -0.1) is 6.42 Å². The quantitative estimate of drug-likeness (QED) is 0.0584. The number of unbranched alkanes of at least 4 members (excludes halogenated alkanes) is 7. The van der Waals surface area contributed by atoms with Gasteiger partial charge in [-0.3, -0.25) is 4.79 Å². The maximum Gasteiger partial charge on any atom is 1.00 e. The third-order valence-electron chi connectivity index (χ3n) is 4.09. The Labute approximate surface area is 292 Å². The first-order valence-electron chi connectivity index (χ1n) is 11.3. The van der Waals surface area contributed by atoms with E-state index in [2.05, 4.69) is 76.6 Å². The van der Waals surface area contributed by atoms with Gasteiger partial charge < -0.3 is 34.5 Å². The van der Waals surface area contributed by atoms with Crippen molar-refractivity contribution in [1.29, 1.82) is 0 Å². The van der Waals surface area contributed by atoms with Crippen molar-refractivity contribution in [2.45, 2.75) is 70.8 Å². The first-order valence-corrected chi connectivity index (χ1v) is 12.7. The Hall–Kier alpha value is -1.63. The van der Waals surface area contributed by atoms with E-state index in [9.17, 15) is 23.9 Å². The molecule has 0 aliphatic rings. The second-order valence-electron chi connectivity index (χ2n) is 7.07. The minimum absolute atomic E-state index is 0. The Morgan fingerprint density at radius 2 is 1.31 bits per heavy atom. The Balaban J connectivity index is -0.0000000673. The average molecular weight is 596 g/mol. The van der Waals surface area contributed by atoms with E-state index in [0.717, 1.165) is 25.7 Å². The summed E-state index contributed by atoms with van der Waals surface area (Å²) in [6.07, 6.45) is 12.0. The van der Waals surface area contributed by atoms with Crippen LogP contribution in [0.2, 0.25) is 0 Å². The molecule has 3 N–H and O–H groups in total. The van der Waals surface area contributed by atoms with Crippen LogP contribution in [0, 0.1) is 71.5 Å². The Kier molecular flexibility index (Phi) is 35.2. The van der Waals surface area contributed by atoms with Crippen molar-refractivity contribution in [1.82, 2.24) is 6.15 Å². The second kappa shape index (κ2) is 30.9. The summed E-state index contributed by atoms with van der Waals surface area (Å²) < 4.78 is 24.8. The minimum atomic E-state index is -5.31. The average Bonchev–Trinajstić information content (AvgIpc) is 2.83. The molecule has 0 saturated carbocycles. The molecular weight excluding hydrogens is 543 g/mol. The third-order valence-corrected chi connectivity index (χ3v) is 4.55. The molecule has 39 heavy (non-hydrogen) atoms. The number of carbonyl (C=O) groups is 2. The van der Waals surface area contributed by atoms with Gasteiger partial charge in [-0.05, 0) is 65.6 Å². The summed E-state index contributed by atoms with van der Waals surface area (Å²) in [6, 6.07) is 0. The summed E-state index contributed by atoms with van der Waals surface area (Å²) >= 11 is 0. The van der Waals surface area contributed by atoms with Gasteiger partial charge in [0.15, 0.2) is 6.10 Å². The molecule has 0 rings (SSSR count). The number of carbonyl (C=O) groups excluding carboxylic acids is 2. The number of phosphoric ester groups is 1. The van der Waals surface area contributed by atoms with E-state index in [1.165, 1.54) is 19.3 Å². The monoisotopic (exact) mass is 595 g/mol. The molecule has 0 heterocycles. The molecule has 0 aromatic carbocycles. The van der Waals surface area contributed by atoms with E-state index in [1.807, 2.05) is 0 Å². The molecule has 220 valence electrons. The number of phosphoric acid groups is 1. The summed E-state index contributed by atoms with van der Waals surface area (Å²) in [5.41, 5.74) is 0. The molecule has 9 nitrogen and oxygen atoms in total. The Morgan fingerprint density at radius 3 is 1.82 bits per heavy atom. The summed E-state index contributed by atoms with van der Waals surface area (Å²) in [4.78, 5) is 45.2. The minimum Gasteiger partial charge on any atom is -0.790 e. The van der Waals surface area contributed by atoms with Gasteiger partial charge in [0.2, 0.25) is 0 Å². The molecule has 0 spiro atoms. The molecule has 0 saturated heterocycles. The maximum atomic E-state index is 12.0. The molecule has 0 bridgehead atoms. The van der Waals surface area contributed by atoms with Gasteiger partial charge in [0.25, 0.3) is 0 Å². The van der Waals surface area contributed by atoms with Crippen molar-refractivity contribution >= 4 is 19.8 Å². The van der Waals surface area contributed by atoms with Crippen molar-refractivity contribution in [3.63, 3.8) is 0 Å². The fourth-order valence-corrected chi connectivity index (χ4v) is 2.83. The first-order chi connectivity index (χ1) is 17.3. The van der Waals surface area contributed by atoms with Gasteiger partial charge in [-0.1, -0.05) is 51.9 Å². The SMILES string of the molecule is C#CC#CC#CC#CC#CC#CC(=O)OC[C@@H](COP(=O)([O-])[O-])OC(=O)CCCCCCCCCC.N.[HH].[HH].[HH].[HH].[HH].[HH].[HH].[HH].[HH].[HH].[HH].[Na+].[Na+]. The molecule has 0 unspecified atom stereocenters. The van der Waals surface area contributed by atoms with Crippen LogP contribution in [-0.2, 0) is 28.2 Å². The Bertz CT molecular complexity index is 1160. The van der Waals surface area contributed by atoms with Crippen LogP contribution in [0.1, 0.15) is 80.4 Å². The molecule has 0 aromatic rings. The second-order valence-corrected chi connectivity index (χ2v) is 8.23. The van der Waals surface area contributed by atoms with Crippen LogP contribution in [0.3, 0.4) is 0 Å². The van der Waals surface area contributed by atoms with E-state index in [1.54, 1.807) is 0 Å². The van der Waals surface area contributed by atoms with Crippen molar-refractivity contribution in [2.75, 3.05) is 13.2 Å². The third kappa shape index (κ3) is 34.3. The molecule has 0 aromatic heterocycles. The van der Waals surface area contributed by atoms with E-state index in [0.29, 0.717) is 6.42 Å². The van der Waals surface area contributed by atoms with Crippen LogP contribution in [0.15, 0.2) is 0 Å². The summed E-state index contributed by atoms with van der Waals surface area (Å²) in [5, 5.41) is 0. The zero-order valence-electron chi connectivity index (χ0n) is 22.9. The number of hydrogen-bond acceptors (Lipinski definition) is 9. The van der Waals surface area contributed by atoms with Crippen LogP contribution < -0.4 is 75.1 Å². The van der Waals surface area contributed by atoms with Gasteiger partial charge in [0.1, 0.15) is 6.61 Å². The summed E-state index contributed by atoms with van der Waals surface area (Å²) in [7, 11) is -5.31.